The third-order valence-corrected chi connectivity index (χ3v) is 4.98. The molecule has 8 heteroatoms. The second kappa shape index (κ2) is 7.46. The lowest BCUT2D eigenvalue weighted by Crippen LogP contribution is -2.24. The number of aryl methyl sites for hydroxylation is 3. The molecule has 0 bridgehead atoms. The molecule has 1 N–H and O–H groups in total. The number of hydrogen-bond donors (Lipinski definition) is 1. The highest BCUT2D eigenvalue weighted by Crippen LogP contribution is 2.46. The summed E-state index contributed by atoms with van der Waals surface area (Å²) in [6.45, 7) is 3.02. The van der Waals surface area contributed by atoms with Crippen molar-refractivity contribution in [1.82, 2.24) is 24.5 Å². The smallest absolute Gasteiger partial charge is 0.290 e. The average molecular weight is 380 g/mol. The SMILES string of the molecule is Cc1ccc(CNc2cc(OC[C@H]3C[C@@H]3c3ccn(C)n3)nn(C)c2=O)cn1. The number of aromatic nitrogens is 5. The van der Waals surface area contributed by atoms with Crippen LogP contribution in [0.4, 0.5) is 5.69 Å². The van der Waals surface area contributed by atoms with Gasteiger partial charge in [-0.15, -0.1) is 5.10 Å². The van der Waals surface area contributed by atoms with Crippen molar-refractivity contribution in [2.24, 2.45) is 20.0 Å². The van der Waals surface area contributed by atoms with Gasteiger partial charge in [-0.2, -0.15) is 5.10 Å². The summed E-state index contributed by atoms with van der Waals surface area (Å²) in [6.07, 6.45) is 4.83. The Hall–Kier alpha value is -3.16. The highest BCUT2D eigenvalue weighted by atomic mass is 16.5. The normalized spacial score (nSPS) is 18.1. The minimum absolute atomic E-state index is 0.190. The maximum absolute atomic E-state index is 12.3. The molecule has 0 spiro atoms. The Balaban J connectivity index is 1.38. The number of nitrogens with one attached hydrogen (secondary N) is 1. The van der Waals surface area contributed by atoms with Crippen molar-refractivity contribution in [3.63, 3.8) is 0 Å². The van der Waals surface area contributed by atoms with Gasteiger partial charge in [0.15, 0.2) is 0 Å². The van der Waals surface area contributed by atoms with Crippen LogP contribution in [-0.4, -0.2) is 31.2 Å². The van der Waals surface area contributed by atoms with E-state index >= 15 is 0 Å². The van der Waals surface area contributed by atoms with Crippen LogP contribution < -0.4 is 15.6 Å². The molecule has 8 nitrogen and oxygen atoms in total. The maximum Gasteiger partial charge on any atom is 0.290 e. The molecule has 0 unspecified atom stereocenters. The van der Waals surface area contributed by atoms with Gasteiger partial charge in [-0.3, -0.25) is 14.5 Å². The van der Waals surface area contributed by atoms with Crippen LogP contribution in [0.5, 0.6) is 5.88 Å². The van der Waals surface area contributed by atoms with Gasteiger partial charge in [-0.1, -0.05) is 6.07 Å². The van der Waals surface area contributed by atoms with Gasteiger partial charge in [-0.25, -0.2) is 4.68 Å². The summed E-state index contributed by atoms with van der Waals surface area (Å²) in [6, 6.07) is 7.66. The van der Waals surface area contributed by atoms with Gasteiger partial charge in [-0.05, 0) is 31.0 Å². The van der Waals surface area contributed by atoms with Crippen molar-refractivity contribution < 1.29 is 4.74 Å². The van der Waals surface area contributed by atoms with E-state index in [9.17, 15) is 4.79 Å². The van der Waals surface area contributed by atoms with E-state index in [1.807, 2.05) is 37.0 Å². The molecule has 3 aromatic heterocycles. The lowest BCUT2D eigenvalue weighted by molar-refractivity contribution is 0.278. The molecule has 1 saturated carbocycles. The third kappa shape index (κ3) is 4.05. The van der Waals surface area contributed by atoms with E-state index in [0.717, 1.165) is 23.4 Å². The molecular weight excluding hydrogens is 356 g/mol. The van der Waals surface area contributed by atoms with Crippen molar-refractivity contribution >= 4 is 5.69 Å². The third-order valence-electron chi connectivity index (χ3n) is 4.98. The molecule has 0 saturated heterocycles. The number of hydrogen-bond acceptors (Lipinski definition) is 6. The van der Waals surface area contributed by atoms with Gasteiger partial charge >= 0.3 is 0 Å². The summed E-state index contributed by atoms with van der Waals surface area (Å²) >= 11 is 0. The Kier molecular flexibility index (Phi) is 4.85. The highest BCUT2D eigenvalue weighted by Gasteiger charge is 2.40. The molecule has 0 amide bonds. The van der Waals surface area contributed by atoms with Crippen molar-refractivity contribution in [3.05, 3.63) is 64.0 Å². The Bertz CT molecular complexity index is 1020. The van der Waals surface area contributed by atoms with Crippen LogP contribution in [0.15, 0.2) is 41.5 Å². The first-order valence-corrected chi connectivity index (χ1v) is 9.35. The number of ether oxygens (including phenoxy) is 1. The van der Waals surface area contributed by atoms with Crippen LogP contribution in [-0.2, 0) is 20.6 Å². The predicted octanol–water partition coefficient (Wildman–Crippen LogP) is 2.01. The van der Waals surface area contributed by atoms with Crippen LogP contribution >= 0.6 is 0 Å². The van der Waals surface area contributed by atoms with Crippen LogP contribution in [0.25, 0.3) is 0 Å². The van der Waals surface area contributed by atoms with Gasteiger partial charge in [0.2, 0.25) is 5.88 Å². The molecule has 2 atom stereocenters. The van der Waals surface area contributed by atoms with E-state index in [-0.39, 0.29) is 5.56 Å². The van der Waals surface area contributed by atoms with Gasteiger partial charge in [0.1, 0.15) is 5.69 Å². The summed E-state index contributed by atoms with van der Waals surface area (Å²) in [5.41, 5.74) is 3.35. The van der Waals surface area contributed by atoms with Crippen LogP contribution in [0.1, 0.15) is 29.3 Å². The first-order chi connectivity index (χ1) is 13.5. The topological polar surface area (TPSA) is 86.9 Å². The van der Waals surface area contributed by atoms with Crippen LogP contribution in [0.2, 0.25) is 0 Å². The lowest BCUT2D eigenvalue weighted by atomic mass is 10.2. The van der Waals surface area contributed by atoms with Crippen LogP contribution in [0, 0.1) is 12.8 Å². The summed E-state index contributed by atoms with van der Waals surface area (Å²) < 4.78 is 9.00. The molecule has 0 radical (unpaired) electrons. The Labute approximate surface area is 163 Å². The van der Waals surface area contributed by atoms with E-state index in [0.29, 0.717) is 36.6 Å². The van der Waals surface area contributed by atoms with Crippen molar-refractivity contribution in [2.75, 3.05) is 11.9 Å². The molecule has 3 heterocycles. The summed E-state index contributed by atoms with van der Waals surface area (Å²) in [5, 5.41) is 11.8. The molecule has 0 aromatic carbocycles. The number of rotatable bonds is 7. The zero-order valence-electron chi connectivity index (χ0n) is 16.3. The summed E-state index contributed by atoms with van der Waals surface area (Å²) in [7, 11) is 3.55. The van der Waals surface area contributed by atoms with Crippen LogP contribution in [0.3, 0.4) is 0 Å². The number of pyridine rings is 1. The first kappa shape index (κ1) is 18.2. The van der Waals surface area contributed by atoms with E-state index < -0.39 is 0 Å². The molecule has 28 heavy (non-hydrogen) atoms. The standard InChI is InChI=1S/C20H24N6O2/c1-13-4-5-14(10-21-13)11-22-18-9-19(24-26(3)20(18)27)28-12-15-8-16(15)17-6-7-25(2)23-17/h4-7,9-10,15-16,22H,8,11-12H2,1-3H3/t15-,16+/m1/s1. The van der Waals surface area contributed by atoms with E-state index in [2.05, 4.69) is 26.6 Å². The largest absolute Gasteiger partial charge is 0.476 e. The number of anilines is 1. The zero-order chi connectivity index (χ0) is 19.7. The molecule has 1 fully saturated rings. The fourth-order valence-corrected chi connectivity index (χ4v) is 3.20. The highest BCUT2D eigenvalue weighted by molar-refractivity contribution is 5.44. The van der Waals surface area contributed by atoms with E-state index in [4.69, 9.17) is 4.74 Å². The molecular formula is C20H24N6O2. The second-order valence-corrected chi connectivity index (χ2v) is 7.31. The second-order valence-electron chi connectivity index (χ2n) is 7.31. The maximum atomic E-state index is 12.3. The molecule has 1 aliphatic rings. The fourth-order valence-electron chi connectivity index (χ4n) is 3.20. The molecule has 3 aromatic rings. The fraction of sp³-hybridized carbons (Fsp3) is 0.400. The average Bonchev–Trinajstić information content (AvgIpc) is 3.33. The molecule has 146 valence electrons. The lowest BCUT2D eigenvalue weighted by Gasteiger charge is -2.10. The van der Waals surface area contributed by atoms with Crippen molar-refractivity contribution in [1.29, 1.82) is 0 Å². The Morgan fingerprint density at radius 1 is 1.25 bits per heavy atom. The summed E-state index contributed by atoms with van der Waals surface area (Å²) in [5.74, 6) is 1.32. The van der Waals surface area contributed by atoms with E-state index in [1.165, 1.54) is 4.68 Å². The predicted molar refractivity (Wildman–Crippen MR) is 105 cm³/mol. The molecule has 4 rings (SSSR count). The van der Waals surface area contributed by atoms with Gasteiger partial charge in [0, 0.05) is 56.6 Å². The first-order valence-electron chi connectivity index (χ1n) is 9.35. The van der Waals surface area contributed by atoms with Crippen molar-refractivity contribution in [3.8, 4) is 5.88 Å². The number of nitrogens with zero attached hydrogens (tertiary/aromatic N) is 5. The van der Waals surface area contributed by atoms with Crippen molar-refractivity contribution in [2.45, 2.75) is 25.8 Å². The quantitative estimate of drug-likeness (QED) is 0.675. The Morgan fingerprint density at radius 3 is 2.82 bits per heavy atom. The van der Waals surface area contributed by atoms with Gasteiger partial charge in [0.25, 0.3) is 5.56 Å². The minimum atomic E-state index is -0.190. The zero-order valence-corrected chi connectivity index (χ0v) is 16.3. The summed E-state index contributed by atoms with van der Waals surface area (Å²) in [4.78, 5) is 16.6. The van der Waals surface area contributed by atoms with Gasteiger partial charge < -0.3 is 10.1 Å². The minimum Gasteiger partial charge on any atom is -0.476 e. The Morgan fingerprint density at radius 2 is 2.11 bits per heavy atom. The van der Waals surface area contributed by atoms with E-state index in [1.54, 1.807) is 19.3 Å². The monoisotopic (exact) mass is 380 g/mol. The molecule has 0 aliphatic heterocycles. The molecule has 1 aliphatic carbocycles. The van der Waals surface area contributed by atoms with Gasteiger partial charge in [0.05, 0.1) is 12.3 Å².